The highest BCUT2D eigenvalue weighted by atomic mass is 15.2. The Balaban J connectivity index is 2.20. The third-order valence-corrected chi connectivity index (χ3v) is 2.68. The molecule has 2 atom stereocenters. The van der Waals surface area contributed by atoms with Crippen molar-refractivity contribution in [3.8, 4) is 0 Å². The molecule has 0 bridgehead atoms. The van der Waals surface area contributed by atoms with Gasteiger partial charge in [0.2, 0.25) is 0 Å². The molecule has 10 heavy (non-hydrogen) atoms. The van der Waals surface area contributed by atoms with Crippen LogP contribution in [-0.4, -0.2) is 30.6 Å². The SMILES string of the molecule is CN1C[C@H]2C=CC[C@@]2(N)C1. The Morgan fingerprint density at radius 2 is 2.50 bits per heavy atom. The van der Waals surface area contributed by atoms with Crippen LogP contribution in [0.2, 0.25) is 0 Å². The minimum absolute atomic E-state index is 0.0920. The summed E-state index contributed by atoms with van der Waals surface area (Å²) < 4.78 is 0. The fourth-order valence-corrected chi connectivity index (χ4v) is 2.12. The number of rotatable bonds is 0. The van der Waals surface area contributed by atoms with Crippen LogP contribution in [0.4, 0.5) is 0 Å². The zero-order valence-corrected chi connectivity index (χ0v) is 6.38. The van der Waals surface area contributed by atoms with Gasteiger partial charge in [-0.15, -0.1) is 0 Å². The first-order valence-electron chi connectivity index (χ1n) is 3.85. The minimum Gasteiger partial charge on any atom is -0.323 e. The summed E-state index contributed by atoms with van der Waals surface area (Å²) in [5.41, 5.74) is 6.24. The summed E-state index contributed by atoms with van der Waals surface area (Å²) in [6, 6.07) is 0. The molecule has 0 radical (unpaired) electrons. The Hall–Kier alpha value is -0.340. The van der Waals surface area contributed by atoms with Gasteiger partial charge in [0.25, 0.3) is 0 Å². The van der Waals surface area contributed by atoms with Gasteiger partial charge >= 0.3 is 0 Å². The van der Waals surface area contributed by atoms with Crippen molar-refractivity contribution in [3.05, 3.63) is 12.2 Å². The van der Waals surface area contributed by atoms with Gasteiger partial charge in [-0.2, -0.15) is 0 Å². The summed E-state index contributed by atoms with van der Waals surface area (Å²) in [6.07, 6.45) is 5.56. The molecular formula is C8H14N2. The van der Waals surface area contributed by atoms with Crippen LogP contribution in [0.15, 0.2) is 12.2 Å². The second-order valence-corrected chi connectivity index (χ2v) is 3.67. The van der Waals surface area contributed by atoms with Gasteiger partial charge in [0, 0.05) is 24.5 Å². The Bertz CT molecular complexity index is 176. The smallest absolute Gasteiger partial charge is 0.0393 e. The van der Waals surface area contributed by atoms with E-state index in [4.69, 9.17) is 5.73 Å². The third-order valence-electron chi connectivity index (χ3n) is 2.68. The number of nitrogens with two attached hydrogens (primary N) is 1. The number of hydrogen-bond donors (Lipinski definition) is 1. The first-order valence-corrected chi connectivity index (χ1v) is 3.85. The number of fused-ring (bicyclic) bond motifs is 1. The predicted octanol–water partition coefficient (Wildman–Crippen LogP) is 0.205. The summed E-state index contributed by atoms with van der Waals surface area (Å²) in [5, 5.41) is 0. The molecule has 56 valence electrons. The van der Waals surface area contributed by atoms with E-state index in [1.807, 2.05) is 0 Å². The third kappa shape index (κ3) is 0.724. The molecule has 0 unspecified atom stereocenters. The molecule has 0 spiro atoms. The lowest BCUT2D eigenvalue weighted by molar-refractivity contribution is 0.369. The van der Waals surface area contributed by atoms with Crippen molar-refractivity contribution < 1.29 is 0 Å². The quantitative estimate of drug-likeness (QED) is 0.485. The number of nitrogens with zero attached hydrogens (tertiary/aromatic N) is 1. The average molecular weight is 138 g/mol. The van der Waals surface area contributed by atoms with Crippen molar-refractivity contribution >= 4 is 0 Å². The highest BCUT2D eigenvalue weighted by molar-refractivity contribution is 5.17. The summed E-state index contributed by atoms with van der Waals surface area (Å²) in [4.78, 5) is 2.31. The van der Waals surface area contributed by atoms with E-state index in [2.05, 4.69) is 24.1 Å². The Morgan fingerprint density at radius 3 is 3.20 bits per heavy atom. The van der Waals surface area contributed by atoms with E-state index in [1.165, 1.54) is 0 Å². The molecule has 1 aliphatic carbocycles. The summed E-state index contributed by atoms with van der Waals surface area (Å²) in [5.74, 6) is 0.623. The highest BCUT2D eigenvalue weighted by Gasteiger charge is 2.42. The first-order chi connectivity index (χ1) is 4.71. The monoisotopic (exact) mass is 138 g/mol. The average Bonchev–Trinajstić information content (AvgIpc) is 2.20. The molecule has 2 rings (SSSR count). The molecule has 1 aliphatic heterocycles. The van der Waals surface area contributed by atoms with E-state index in [9.17, 15) is 0 Å². The van der Waals surface area contributed by atoms with Crippen molar-refractivity contribution in [2.75, 3.05) is 20.1 Å². The number of likely N-dealkylation sites (N-methyl/N-ethyl adjacent to an activating group) is 1. The lowest BCUT2D eigenvalue weighted by Crippen LogP contribution is -2.44. The van der Waals surface area contributed by atoms with Crippen LogP contribution in [0.1, 0.15) is 6.42 Å². The lowest BCUT2D eigenvalue weighted by Gasteiger charge is -2.22. The fraction of sp³-hybridized carbons (Fsp3) is 0.750. The maximum atomic E-state index is 6.15. The van der Waals surface area contributed by atoms with E-state index in [0.29, 0.717) is 5.92 Å². The molecule has 0 aromatic rings. The molecule has 0 amide bonds. The molecule has 1 saturated heterocycles. The maximum absolute atomic E-state index is 6.15. The van der Waals surface area contributed by atoms with Crippen LogP contribution in [0.5, 0.6) is 0 Å². The lowest BCUT2D eigenvalue weighted by atomic mass is 9.91. The van der Waals surface area contributed by atoms with Crippen molar-refractivity contribution in [2.24, 2.45) is 11.7 Å². The van der Waals surface area contributed by atoms with E-state index in [0.717, 1.165) is 19.5 Å². The van der Waals surface area contributed by atoms with Gasteiger partial charge in [-0.05, 0) is 13.5 Å². The van der Waals surface area contributed by atoms with E-state index in [-0.39, 0.29) is 5.54 Å². The first kappa shape index (κ1) is 6.38. The van der Waals surface area contributed by atoms with Gasteiger partial charge in [0.05, 0.1) is 0 Å². The molecule has 1 fully saturated rings. The molecule has 2 heteroatoms. The molecule has 2 nitrogen and oxygen atoms in total. The van der Waals surface area contributed by atoms with Gasteiger partial charge in [0.1, 0.15) is 0 Å². The molecule has 2 aliphatic rings. The van der Waals surface area contributed by atoms with Crippen molar-refractivity contribution in [1.29, 1.82) is 0 Å². The molecule has 0 saturated carbocycles. The molecule has 0 aromatic carbocycles. The van der Waals surface area contributed by atoms with Gasteiger partial charge in [-0.3, -0.25) is 0 Å². The topological polar surface area (TPSA) is 29.3 Å². The van der Waals surface area contributed by atoms with Crippen LogP contribution in [0, 0.1) is 5.92 Å². The predicted molar refractivity (Wildman–Crippen MR) is 41.7 cm³/mol. The van der Waals surface area contributed by atoms with Crippen LogP contribution in [0.25, 0.3) is 0 Å². The van der Waals surface area contributed by atoms with Crippen LogP contribution >= 0.6 is 0 Å². The van der Waals surface area contributed by atoms with Gasteiger partial charge < -0.3 is 10.6 Å². The van der Waals surface area contributed by atoms with Gasteiger partial charge in [0.15, 0.2) is 0 Å². The summed E-state index contributed by atoms with van der Waals surface area (Å²) in [7, 11) is 2.14. The Morgan fingerprint density at radius 1 is 1.70 bits per heavy atom. The Kier molecular flexibility index (Phi) is 1.17. The number of hydrogen-bond acceptors (Lipinski definition) is 2. The zero-order chi connectivity index (χ0) is 7.19. The second-order valence-electron chi connectivity index (χ2n) is 3.67. The zero-order valence-electron chi connectivity index (χ0n) is 6.38. The standard InChI is InChI=1S/C8H14N2/c1-10-5-7-3-2-4-8(7,9)6-10/h2-3,7H,4-6,9H2,1H3/t7-,8-/m1/s1. The summed E-state index contributed by atoms with van der Waals surface area (Å²) >= 11 is 0. The van der Waals surface area contributed by atoms with Crippen LogP contribution in [-0.2, 0) is 0 Å². The second kappa shape index (κ2) is 1.83. The maximum Gasteiger partial charge on any atom is 0.0393 e. The molecular weight excluding hydrogens is 124 g/mol. The summed E-state index contributed by atoms with van der Waals surface area (Å²) in [6.45, 7) is 2.21. The number of likely N-dealkylation sites (tertiary alicyclic amines) is 1. The normalized spacial score (nSPS) is 46.4. The van der Waals surface area contributed by atoms with Gasteiger partial charge in [-0.1, -0.05) is 12.2 Å². The largest absolute Gasteiger partial charge is 0.323 e. The van der Waals surface area contributed by atoms with Crippen LogP contribution in [0.3, 0.4) is 0 Å². The van der Waals surface area contributed by atoms with Crippen molar-refractivity contribution in [3.63, 3.8) is 0 Å². The minimum atomic E-state index is 0.0920. The fourth-order valence-electron chi connectivity index (χ4n) is 2.12. The van der Waals surface area contributed by atoms with Crippen molar-refractivity contribution in [2.45, 2.75) is 12.0 Å². The van der Waals surface area contributed by atoms with Gasteiger partial charge in [-0.25, -0.2) is 0 Å². The molecule has 0 aromatic heterocycles. The molecule has 2 N–H and O–H groups in total. The van der Waals surface area contributed by atoms with E-state index < -0.39 is 0 Å². The van der Waals surface area contributed by atoms with Crippen LogP contribution < -0.4 is 5.73 Å². The Labute approximate surface area is 61.7 Å². The van der Waals surface area contributed by atoms with E-state index in [1.54, 1.807) is 0 Å². The van der Waals surface area contributed by atoms with Crippen molar-refractivity contribution in [1.82, 2.24) is 4.90 Å². The molecule has 1 heterocycles. The van der Waals surface area contributed by atoms with E-state index >= 15 is 0 Å². The highest BCUT2D eigenvalue weighted by Crippen LogP contribution is 2.33.